The first-order chi connectivity index (χ1) is 8.29. The molecule has 0 bridgehead atoms. The number of amides is 1. The van der Waals surface area contributed by atoms with Crippen molar-refractivity contribution in [3.05, 3.63) is 22.4 Å². The first kappa shape index (κ1) is 14.2. The van der Waals surface area contributed by atoms with Gasteiger partial charge in [-0.2, -0.15) is 11.3 Å². The van der Waals surface area contributed by atoms with Gasteiger partial charge in [-0.25, -0.2) is 0 Å². The van der Waals surface area contributed by atoms with Gasteiger partial charge in [0.05, 0.1) is 0 Å². The lowest BCUT2D eigenvalue weighted by Gasteiger charge is -2.01. The summed E-state index contributed by atoms with van der Waals surface area (Å²) >= 11 is 1.78. The van der Waals surface area contributed by atoms with Crippen molar-refractivity contribution in [1.29, 1.82) is 0 Å². The smallest absolute Gasteiger partial charge is 0.217 e. The van der Waals surface area contributed by atoms with Gasteiger partial charge in [-0.15, -0.1) is 0 Å². The molecule has 1 aromatic rings. The minimum atomic E-state index is -0.166. The molecule has 0 radical (unpaired) electrons. The summed E-state index contributed by atoms with van der Waals surface area (Å²) < 4.78 is 0. The highest BCUT2D eigenvalue weighted by Gasteiger charge is 1.96. The molecular formula is C14H23NOS. The van der Waals surface area contributed by atoms with Gasteiger partial charge in [0.2, 0.25) is 5.91 Å². The molecule has 1 aromatic heterocycles. The van der Waals surface area contributed by atoms with Crippen LogP contribution in [0.1, 0.15) is 56.9 Å². The van der Waals surface area contributed by atoms with Crippen molar-refractivity contribution in [2.75, 3.05) is 0 Å². The second kappa shape index (κ2) is 9.23. The van der Waals surface area contributed by atoms with Gasteiger partial charge in [-0.1, -0.05) is 32.1 Å². The van der Waals surface area contributed by atoms with Crippen molar-refractivity contribution in [3.8, 4) is 0 Å². The zero-order valence-electron chi connectivity index (χ0n) is 10.5. The zero-order chi connectivity index (χ0) is 12.3. The number of rotatable bonds is 10. The third-order valence-electron chi connectivity index (χ3n) is 2.97. The topological polar surface area (TPSA) is 43.1 Å². The van der Waals surface area contributed by atoms with E-state index >= 15 is 0 Å². The maximum atomic E-state index is 10.5. The minimum Gasteiger partial charge on any atom is -0.370 e. The normalized spacial score (nSPS) is 10.6. The molecule has 2 N–H and O–H groups in total. The number of hydrogen-bond acceptors (Lipinski definition) is 2. The fourth-order valence-corrected chi connectivity index (χ4v) is 2.65. The largest absolute Gasteiger partial charge is 0.370 e. The number of carbonyl (C=O) groups is 1. The number of unbranched alkanes of at least 4 members (excludes halogenated alkanes) is 6. The summed E-state index contributed by atoms with van der Waals surface area (Å²) in [5, 5.41) is 4.39. The van der Waals surface area contributed by atoms with Gasteiger partial charge < -0.3 is 5.73 Å². The summed E-state index contributed by atoms with van der Waals surface area (Å²) in [7, 11) is 0. The van der Waals surface area contributed by atoms with E-state index in [1.54, 1.807) is 11.3 Å². The summed E-state index contributed by atoms with van der Waals surface area (Å²) in [6.07, 6.45) is 10.4. The van der Waals surface area contributed by atoms with Gasteiger partial charge in [0.15, 0.2) is 0 Å². The molecule has 0 unspecified atom stereocenters. The SMILES string of the molecule is NC(=O)CCCCCCCCCc1ccsc1. The van der Waals surface area contributed by atoms with Crippen LogP contribution in [0.15, 0.2) is 16.8 Å². The Balaban J connectivity index is 1.80. The zero-order valence-corrected chi connectivity index (χ0v) is 11.3. The van der Waals surface area contributed by atoms with Crippen LogP contribution in [0.3, 0.4) is 0 Å². The molecule has 0 saturated carbocycles. The quantitative estimate of drug-likeness (QED) is 0.631. The summed E-state index contributed by atoms with van der Waals surface area (Å²) in [6.45, 7) is 0. The van der Waals surface area contributed by atoms with E-state index in [4.69, 9.17) is 5.73 Å². The summed E-state index contributed by atoms with van der Waals surface area (Å²) in [6, 6.07) is 2.22. The maximum Gasteiger partial charge on any atom is 0.217 e. The van der Waals surface area contributed by atoms with Gasteiger partial charge in [0.25, 0.3) is 0 Å². The summed E-state index contributed by atoms with van der Waals surface area (Å²) in [4.78, 5) is 10.5. The van der Waals surface area contributed by atoms with Crippen molar-refractivity contribution in [2.24, 2.45) is 5.73 Å². The Labute approximate surface area is 108 Å². The molecule has 0 aliphatic carbocycles. The number of hydrogen-bond donors (Lipinski definition) is 1. The summed E-state index contributed by atoms with van der Waals surface area (Å²) in [5.41, 5.74) is 6.56. The number of aryl methyl sites for hydroxylation is 1. The fraction of sp³-hybridized carbons (Fsp3) is 0.643. The van der Waals surface area contributed by atoms with Crippen LogP contribution in [-0.2, 0) is 11.2 Å². The van der Waals surface area contributed by atoms with Gasteiger partial charge in [-0.05, 0) is 41.7 Å². The van der Waals surface area contributed by atoms with E-state index in [1.165, 1.54) is 44.1 Å². The standard InChI is InChI=1S/C14H23NOS/c15-14(16)9-7-5-3-1-2-4-6-8-13-10-11-17-12-13/h10-12H,1-9H2,(H2,15,16). The number of thiophene rings is 1. The first-order valence-corrected chi connectivity index (χ1v) is 7.52. The molecule has 96 valence electrons. The molecule has 0 aliphatic rings. The Bertz CT molecular complexity index is 295. The van der Waals surface area contributed by atoms with Crippen LogP contribution in [0, 0.1) is 0 Å². The Morgan fingerprint density at radius 3 is 2.29 bits per heavy atom. The lowest BCUT2D eigenvalue weighted by Crippen LogP contribution is -2.09. The van der Waals surface area contributed by atoms with Gasteiger partial charge in [0.1, 0.15) is 0 Å². The molecule has 0 fully saturated rings. The van der Waals surface area contributed by atoms with E-state index in [1.807, 2.05) is 0 Å². The number of carbonyl (C=O) groups excluding carboxylic acids is 1. The molecule has 1 amide bonds. The molecule has 17 heavy (non-hydrogen) atoms. The highest BCUT2D eigenvalue weighted by Crippen LogP contribution is 2.13. The van der Waals surface area contributed by atoms with Crippen molar-refractivity contribution in [1.82, 2.24) is 0 Å². The molecule has 2 nitrogen and oxygen atoms in total. The van der Waals surface area contributed by atoms with E-state index < -0.39 is 0 Å². The predicted molar refractivity (Wildman–Crippen MR) is 74.2 cm³/mol. The van der Waals surface area contributed by atoms with Crippen LogP contribution in [0.2, 0.25) is 0 Å². The molecule has 3 heteroatoms. The highest BCUT2D eigenvalue weighted by atomic mass is 32.1. The Hall–Kier alpha value is -0.830. The average molecular weight is 253 g/mol. The van der Waals surface area contributed by atoms with Crippen LogP contribution in [-0.4, -0.2) is 5.91 Å². The molecule has 0 atom stereocenters. The van der Waals surface area contributed by atoms with Crippen LogP contribution < -0.4 is 5.73 Å². The van der Waals surface area contributed by atoms with Gasteiger partial charge >= 0.3 is 0 Å². The Morgan fingerprint density at radius 1 is 1.06 bits per heavy atom. The highest BCUT2D eigenvalue weighted by molar-refractivity contribution is 7.07. The first-order valence-electron chi connectivity index (χ1n) is 6.58. The lowest BCUT2D eigenvalue weighted by molar-refractivity contribution is -0.118. The second-order valence-electron chi connectivity index (χ2n) is 4.57. The second-order valence-corrected chi connectivity index (χ2v) is 5.35. The van der Waals surface area contributed by atoms with E-state index in [2.05, 4.69) is 16.8 Å². The maximum absolute atomic E-state index is 10.5. The van der Waals surface area contributed by atoms with E-state index in [0.29, 0.717) is 6.42 Å². The van der Waals surface area contributed by atoms with Crippen molar-refractivity contribution in [2.45, 2.75) is 57.8 Å². The third kappa shape index (κ3) is 7.97. The minimum absolute atomic E-state index is 0.166. The molecule has 1 rings (SSSR count). The average Bonchev–Trinajstić information content (AvgIpc) is 2.79. The third-order valence-corrected chi connectivity index (χ3v) is 3.70. The van der Waals surface area contributed by atoms with Gasteiger partial charge in [-0.3, -0.25) is 4.79 Å². The monoisotopic (exact) mass is 253 g/mol. The lowest BCUT2D eigenvalue weighted by atomic mass is 10.1. The van der Waals surface area contributed by atoms with Crippen LogP contribution >= 0.6 is 11.3 Å². The van der Waals surface area contributed by atoms with Crippen LogP contribution in [0.4, 0.5) is 0 Å². The van der Waals surface area contributed by atoms with E-state index in [-0.39, 0.29) is 5.91 Å². The predicted octanol–water partition coefficient (Wildman–Crippen LogP) is 3.90. The van der Waals surface area contributed by atoms with Crippen LogP contribution in [0.5, 0.6) is 0 Å². The van der Waals surface area contributed by atoms with E-state index in [0.717, 1.165) is 12.8 Å². The van der Waals surface area contributed by atoms with Crippen LogP contribution in [0.25, 0.3) is 0 Å². The van der Waals surface area contributed by atoms with E-state index in [9.17, 15) is 4.79 Å². The van der Waals surface area contributed by atoms with Crippen molar-refractivity contribution in [3.63, 3.8) is 0 Å². The molecule has 0 saturated heterocycles. The molecule has 0 aliphatic heterocycles. The molecule has 0 spiro atoms. The summed E-state index contributed by atoms with van der Waals surface area (Å²) in [5.74, 6) is -0.166. The van der Waals surface area contributed by atoms with Crippen molar-refractivity contribution < 1.29 is 4.79 Å². The Kier molecular flexibility index (Phi) is 7.72. The molecule has 0 aromatic carbocycles. The van der Waals surface area contributed by atoms with Gasteiger partial charge in [0, 0.05) is 6.42 Å². The van der Waals surface area contributed by atoms with Crippen molar-refractivity contribution >= 4 is 17.2 Å². The molecule has 1 heterocycles. The number of nitrogens with two attached hydrogens (primary N) is 1. The fourth-order valence-electron chi connectivity index (χ4n) is 1.95. The number of primary amides is 1. The Morgan fingerprint density at radius 2 is 1.71 bits per heavy atom. The molecular weight excluding hydrogens is 230 g/mol.